The second kappa shape index (κ2) is 3.14. The van der Waals surface area contributed by atoms with E-state index in [1.807, 2.05) is 0 Å². The molecule has 0 aliphatic heterocycles. The highest BCUT2D eigenvalue weighted by atomic mass is 19.1. The van der Waals surface area contributed by atoms with E-state index in [0.29, 0.717) is 0 Å². The van der Waals surface area contributed by atoms with E-state index in [-0.39, 0.29) is 11.4 Å². The van der Waals surface area contributed by atoms with Crippen molar-refractivity contribution in [2.75, 3.05) is 0 Å². The zero-order valence-electron chi connectivity index (χ0n) is 5.86. The van der Waals surface area contributed by atoms with Crippen LogP contribution in [0.15, 0.2) is 18.2 Å². The number of halogens is 1. The lowest BCUT2D eigenvalue weighted by molar-refractivity contribution is -0.385. The highest BCUT2D eigenvalue weighted by Crippen LogP contribution is 2.21. The number of nitro benzene ring substituents is 1. The SMILES string of the molecule is NOc1ccc([N+](=O)[O-])cc1F. The highest BCUT2D eigenvalue weighted by Gasteiger charge is 2.10. The Kier molecular flexibility index (Phi) is 2.20. The van der Waals surface area contributed by atoms with Crippen LogP contribution in [-0.4, -0.2) is 4.92 Å². The van der Waals surface area contributed by atoms with Crippen molar-refractivity contribution in [3.63, 3.8) is 0 Å². The number of hydrogen-bond acceptors (Lipinski definition) is 4. The van der Waals surface area contributed by atoms with Crippen molar-refractivity contribution in [3.8, 4) is 5.75 Å². The minimum atomic E-state index is -0.855. The van der Waals surface area contributed by atoms with Crippen LogP contribution in [0.4, 0.5) is 10.1 Å². The largest absolute Gasteiger partial charge is 0.408 e. The molecule has 1 aromatic carbocycles. The molecule has 0 bridgehead atoms. The monoisotopic (exact) mass is 172 g/mol. The molecule has 0 amide bonds. The maximum absolute atomic E-state index is 12.7. The zero-order chi connectivity index (χ0) is 9.14. The minimum Gasteiger partial charge on any atom is -0.408 e. The summed E-state index contributed by atoms with van der Waals surface area (Å²) < 4.78 is 12.7. The Morgan fingerprint density at radius 2 is 2.25 bits per heavy atom. The molecule has 0 fully saturated rings. The molecule has 0 unspecified atom stereocenters. The summed E-state index contributed by atoms with van der Waals surface area (Å²) >= 11 is 0. The van der Waals surface area contributed by atoms with Crippen LogP contribution in [0, 0.1) is 15.9 Å². The van der Waals surface area contributed by atoms with Gasteiger partial charge in [-0.3, -0.25) is 10.1 Å². The molecule has 0 saturated carbocycles. The van der Waals surface area contributed by atoms with Gasteiger partial charge in [-0.25, -0.2) is 4.39 Å². The lowest BCUT2D eigenvalue weighted by atomic mass is 10.3. The van der Waals surface area contributed by atoms with Gasteiger partial charge in [-0.1, -0.05) is 0 Å². The molecule has 0 aliphatic carbocycles. The molecule has 1 aromatic rings. The van der Waals surface area contributed by atoms with Gasteiger partial charge in [0.25, 0.3) is 5.69 Å². The van der Waals surface area contributed by atoms with Crippen LogP contribution in [0.1, 0.15) is 0 Å². The van der Waals surface area contributed by atoms with Crippen LogP contribution in [-0.2, 0) is 0 Å². The third-order valence-corrected chi connectivity index (χ3v) is 1.25. The van der Waals surface area contributed by atoms with Crippen molar-refractivity contribution in [1.82, 2.24) is 0 Å². The highest BCUT2D eigenvalue weighted by molar-refractivity contribution is 5.37. The Morgan fingerprint density at radius 1 is 1.58 bits per heavy atom. The molecule has 2 N–H and O–H groups in total. The summed E-state index contributed by atoms with van der Waals surface area (Å²) in [7, 11) is 0. The smallest absolute Gasteiger partial charge is 0.272 e. The molecule has 6 heteroatoms. The van der Waals surface area contributed by atoms with E-state index < -0.39 is 10.7 Å². The predicted octanol–water partition coefficient (Wildman–Crippen LogP) is 0.986. The van der Waals surface area contributed by atoms with E-state index in [2.05, 4.69) is 10.7 Å². The number of nitrogens with two attached hydrogens (primary N) is 1. The van der Waals surface area contributed by atoms with E-state index in [1.165, 1.54) is 0 Å². The van der Waals surface area contributed by atoms with E-state index in [4.69, 9.17) is 0 Å². The van der Waals surface area contributed by atoms with Gasteiger partial charge < -0.3 is 4.84 Å². The lowest BCUT2D eigenvalue weighted by Gasteiger charge is -1.98. The molecule has 5 nitrogen and oxygen atoms in total. The number of non-ortho nitro benzene ring substituents is 1. The average molecular weight is 172 g/mol. The van der Waals surface area contributed by atoms with Crippen LogP contribution in [0.3, 0.4) is 0 Å². The molecule has 1 rings (SSSR count). The molecule has 0 atom stereocenters. The summed E-state index contributed by atoms with van der Waals surface area (Å²) in [5.74, 6) is 3.59. The Bertz CT molecular complexity index is 316. The molecule has 0 saturated heterocycles. The van der Waals surface area contributed by atoms with Crippen LogP contribution >= 0.6 is 0 Å². The van der Waals surface area contributed by atoms with Gasteiger partial charge in [0.2, 0.25) is 0 Å². The maximum atomic E-state index is 12.7. The van der Waals surface area contributed by atoms with Crippen LogP contribution in [0.25, 0.3) is 0 Å². The summed E-state index contributed by atoms with van der Waals surface area (Å²) in [4.78, 5) is 13.5. The van der Waals surface area contributed by atoms with Gasteiger partial charge in [-0.2, -0.15) is 5.90 Å². The third kappa shape index (κ3) is 1.48. The topological polar surface area (TPSA) is 78.4 Å². The number of nitro groups is 1. The average Bonchev–Trinajstić information content (AvgIpc) is 2.04. The predicted molar refractivity (Wildman–Crippen MR) is 37.9 cm³/mol. The molecule has 64 valence electrons. The summed E-state index contributed by atoms with van der Waals surface area (Å²) in [5, 5.41) is 10.1. The fourth-order valence-electron chi connectivity index (χ4n) is 0.699. The zero-order valence-corrected chi connectivity index (χ0v) is 5.86. The van der Waals surface area contributed by atoms with Crippen molar-refractivity contribution in [3.05, 3.63) is 34.1 Å². The Morgan fingerprint density at radius 3 is 2.67 bits per heavy atom. The van der Waals surface area contributed by atoms with Gasteiger partial charge in [-0.15, -0.1) is 0 Å². The van der Waals surface area contributed by atoms with Gasteiger partial charge in [0.1, 0.15) is 0 Å². The first-order valence-corrected chi connectivity index (χ1v) is 2.96. The molecule has 12 heavy (non-hydrogen) atoms. The van der Waals surface area contributed by atoms with Crippen molar-refractivity contribution < 1.29 is 14.2 Å². The molecule has 0 aromatic heterocycles. The first-order valence-electron chi connectivity index (χ1n) is 2.96. The molecular weight excluding hydrogens is 167 g/mol. The molecule has 0 radical (unpaired) electrons. The standard InChI is InChI=1S/C6H5FN2O3/c7-5-3-4(9(10)11)1-2-6(5)12-8/h1-3H,8H2. The third-order valence-electron chi connectivity index (χ3n) is 1.25. The molecule has 0 heterocycles. The van der Waals surface area contributed by atoms with Crippen LogP contribution in [0.2, 0.25) is 0 Å². The summed E-state index contributed by atoms with van der Waals surface area (Å²) in [6, 6.07) is 2.93. The number of rotatable bonds is 2. The minimum absolute atomic E-state index is 0.222. The Balaban J connectivity index is 3.10. The lowest BCUT2D eigenvalue weighted by Crippen LogP contribution is -2.03. The quantitative estimate of drug-likeness (QED) is 0.532. The summed E-state index contributed by atoms with van der Waals surface area (Å²) in [6.07, 6.45) is 0. The second-order valence-electron chi connectivity index (χ2n) is 1.99. The summed E-state index contributed by atoms with van der Waals surface area (Å²) in [6.45, 7) is 0. The van der Waals surface area contributed by atoms with Gasteiger partial charge in [0.05, 0.1) is 11.0 Å². The summed E-state index contributed by atoms with van der Waals surface area (Å²) in [5.41, 5.74) is -0.340. The Labute approximate surface area is 66.7 Å². The maximum Gasteiger partial charge on any atom is 0.272 e. The molecular formula is C6H5FN2O3. The van der Waals surface area contributed by atoms with E-state index >= 15 is 0 Å². The second-order valence-corrected chi connectivity index (χ2v) is 1.99. The molecule has 0 spiro atoms. The van der Waals surface area contributed by atoms with Crippen molar-refractivity contribution in [2.45, 2.75) is 0 Å². The van der Waals surface area contributed by atoms with Gasteiger partial charge in [-0.05, 0) is 6.07 Å². The van der Waals surface area contributed by atoms with Crippen molar-refractivity contribution in [1.29, 1.82) is 0 Å². The van der Waals surface area contributed by atoms with E-state index in [1.54, 1.807) is 0 Å². The van der Waals surface area contributed by atoms with Crippen molar-refractivity contribution in [2.24, 2.45) is 5.90 Å². The van der Waals surface area contributed by atoms with Crippen LogP contribution in [0.5, 0.6) is 5.75 Å². The number of nitrogens with zero attached hydrogens (tertiary/aromatic N) is 1. The van der Waals surface area contributed by atoms with Crippen LogP contribution < -0.4 is 10.7 Å². The first kappa shape index (κ1) is 8.41. The first-order chi connectivity index (χ1) is 5.65. The number of benzene rings is 1. The van der Waals surface area contributed by atoms with E-state index in [9.17, 15) is 14.5 Å². The normalized spacial score (nSPS) is 9.50. The fraction of sp³-hybridized carbons (Fsp3) is 0. The van der Waals surface area contributed by atoms with Gasteiger partial charge in [0, 0.05) is 6.07 Å². The fourth-order valence-corrected chi connectivity index (χ4v) is 0.699. The number of hydrogen-bond donors (Lipinski definition) is 1. The van der Waals surface area contributed by atoms with Crippen molar-refractivity contribution >= 4 is 5.69 Å². The van der Waals surface area contributed by atoms with E-state index in [0.717, 1.165) is 18.2 Å². The Hall–Kier alpha value is -1.69. The van der Waals surface area contributed by atoms with Gasteiger partial charge >= 0.3 is 0 Å². The molecule has 0 aliphatic rings. The van der Waals surface area contributed by atoms with Gasteiger partial charge in [0.15, 0.2) is 11.6 Å².